The molecule has 25 heavy (non-hydrogen) atoms. The van der Waals surface area contributed by atoms with Crippen LogP contribution in [-0.2, 0) is 19.1 Å². The minimum atomic E-state index is -0.734. The fourth-order valence-corrected chi connectivity index (χ4v) is 3.59. The first-order chi connectivity index (χ1) is 11.9. The number of hydrogen-bond donors (Lipinski definition) is 0. The van der Waals surface area contributed by atoms with Gasteiger partial charge in [-0.25, -0.2) is 4.90 Å². The molecule has 9 heteroatoms. The van der Waals surface area contributed by atoms with Crippen molar-refractivity contribution in [3.05, 3.63) is 40.5 Å². The quantitative estimate of drug-likeness (QED) is 0.200. The van der Waals surface area contributed by atoms with E-state index in [4.69, 9.17) is 9.47 Å². The van der Waals surface area contributed by atoms with E-state index in [2.05, 4.69) is 0 Å². The average molecular weight is 344 g/mol. The van der Waals surface area contributed by atoms with E-state index < -0.39 is 52.4 Å². The monoisotopic (exact) mass is 344 g/mol. The van der Waals surface area contributed by atoms with Gasteiger partial charge >= 0.3 is 11.7 Å². The largest absolute Gasteiger partial charge is 0.419 e. The summed E-state index contributed by atoms with van der Waals surface area (Å²) >= 11 is 0. The lowest BCUT2D eigenvalue weighted by Crippen LogP contribution is -2.34. The summed E-state index contributed by atoms with van der Waals surface area (Å²) in [7, 11) is 0. The number of nitro benzene ring substituents is 1. The number of anilines is 1. The Balaban J connectivity index is 1.72. The van der Waals surface area contributed by atoms with Gasteiger partial charge in [-0.2, -0.15) is 0 Å². The standard InChI is InChI=1S/C16H12N2O7/c1-7(19)24-10-3-2-8(6-9(10)18(22)23)17-15(20)13-11-4-5-12(25-11)14(13)16(17)21/h2-6,11-14H,1H3/t11-,12-,13-,14-/m1/s1. The smallest absolute Gasteiger partial charge is 0.313 e. The molecule has 1 aromatic rings. The van der Waals surface area contributed by atoms with Crippen LogP contribution < -0.4 is 9.64 Å². The number of rotatable bonds is 3. The van der Waals surface area contributed by atoms with Crippen LogP contribution in [0.4, 0.5) is 11.4 Å². The summed E-state index contributed by atoms with van der Waals surface area (Å²) in [6.07, 6.45) is 2.64. The first-order valence-electron chi connectivity index (χ1n) is 7.57. The Morgan fingerprint density at radius 3 is 2.32 bits per heavy atom. The van der Waals surface area contributed by atoms with Gasteiger partial charge < -0.3 is 9.47 Å². The predicted octanol–water partition coefficient (Wildman–Crippen LogP) is 0.963. The molecule has 128 valence electrons. The molecule has 0 spiro atoms. The van der Waals surface area contributed by atoms with Crippen molar-refractivity contribution in [2.75, 3.05) is 4.90 Å². The van der Waals surface area contributed by atoms with E-state index in [9.17, 15) is 24.5 Å². The molecule has 9 nitrogen and oxygen atoms in total. The van der Waals surface area contributed by atoms with Crippen molar-refractivity contribution in [2.45, 2.75) is 19.1 Å². The highest BCUT2D eigenvalue weighted by Crippen LogP contribution is 2.47. The number of esters is 1. The Morgan fingerprint density at radius 2 is 1.80 bits per heavy atom. The summed E-state index contributed by atoms with van der Waals surface area (Å²) in [6, 6.07) is 3.61. The number of hydrogen-bond acceptors (Lipinski definition) is 7. The topological polar surface area (TPSA) is 116 Å². The summed E-state index contributed by atoms with van der Waals surface area (Å²) in [6.45, 7) is 1.12. The van der Waals surface area contributed by atoms with E-state index in [0.717, 1.165) is 17.9 Å². The van der Waals surface area contributed by atoms with E-state index in [-0.39, 0.29) is 11.4 Å². The molecule has 4 rings (SSSR count). The van der Waals surface area contributed by atoms with Gasteiger partial charge in [-0.1, -0.05) is 12.2 Å². The Morgan fingerprint density at radius 1 is 1.20 bits per heavy atom. The summed E-state index contributed by atoms with van der Waals surface area (Å²) in [4.78, 5) is 47.9. The average Bonchev–Trinajstić information content (AvgIpc) is 3.21. The highest BCUT2D eigenvalue weighted by Gasteiger charge is 2.61. The van der Waals surface area contributed by atoms with Gasteiger partial charge in [0.1, 0.15) is 0 Å². The van der Waals surface area contributed by atoms with Gasteiger partial charge in [0.2, 0.25) is 17.6 Å². The highest BCUT2D eigenvalue weighted by atomic mass is 16.6. The number of fused-ring (bicyclic) bond motifs is 5. The normalized spacial score (nSPS) is 29.2. The van der Waals surface area contributed by atoms with Crippen molar-refractivity contribution in [3.8, 4) is 5.75 Å². The zero-order valence-electron chi connectivity index (χ0n) is 12.9. The molecular weight excluding hydrogens is 332 g/mol. The van der Waals surface area contributed by atoms with E-state index in [1.54, 1.807) is 12.2 Å². The molecular formula is C16H12N2O7. The first kappa shape index (κ1) is 15.5. The van der Waals surface area contributed by atoms with Crippen LogP contribution in [0.25, 0.3) is 0 Å². The number of imide groups is 1. The second-order valence-corrected chi connectivity index (χ2v) is 6.02. The molecule has 0 unspecified atom stereocenters. The van der Waals surface area contributed by atoms with Crippen LogP contribution in [0.15, 0.2) is 30.4 Å². The molecule has 4 atom stereocenters. The molecule has 3 heterocycles. The maximum atomic E-state index is 12.7. The van der Waals surface area contributed by atoms with Crippen LogP contribution in [0.3, 0.4) is 0 Å². The molecule has 0 N–H and O–H groups in total. The Hall–Kier alpha value is -3.07. The second-order valence-electron chi connectivity index (χ2n) is 6.02. The molecule has 0 aromatic heterocycles. The minimum absolute atomic E-state index is 0.0754. The summed E-state index contributed by atoms with van der Waals surface area (Å²) < 4.78 is 10.3. The van der Waals surface area contributed by atoms with E-state index in [1.807, 2.05) is 0 Å². The maximum Gasteiger partial charge on any atom is 0.313 e. The molecule has 3 aliphatic heterocycles. The Labute approximate surface area is 140 Å². The van der Waals surface area contributed by atoms with Crippen LogP contribution in [0.1, 0.15) is 6.92 Å². The van der Waals surface area contributed by atoms with Gasteiger partial charge in [0.25, 0.3) is 0 Å². The molecule has 2 saturated heterocycles. The number of benzene rings is 1. The Kier molecular flexibility index (Phi) is 3.22. The van der Waals surface area contributed by atoms with Crippen LogP contribution in [0.5, 0.6) is 5.75 Å². The summed E-state index contributed by atoms with van der Waals surface area (Å²) in [5, 5.41) is 11.2. The van der Waals surface area contributed by atoms with Gasteiger partial charge in [-0.3, -0.25) is 24.5 Å². The second kappa shape index (κ2) is 5.21. The third-order valence-corrected chi connectivity index (χ3v) is 4.56. The van der Waals surface area contributed by atoms with Crippen molar-refractivity contribution in [2.24, 2.45) is 11.8 Å². The third kappa shape index (κ3) is 2.16. The van der Waals surface area contributed by atoms with Crippen molar-refractivity contribution in [1.29, 1.82) is 0 Å². The number of carbonyl (C=O) groups excluding carboxylic acids is 3. The van der Waals surface area contributed by atoms with Crippen molar-refractivity contribution >= 4 is 29.2 Å². The van der Waals surface area contributed by atoms with Gasteiger partial charge in [-0.05, 0) is 12.1 Å². The lowest BCUT2D eigenvalue weighted by molar-refractivity contribution is -0.385. The lowest BCUT2D eigenvalue weighted by atomic mass is 9.85. The molecule has 1 aromatic carbocycles. The van der Waals surface area contributed by atoms with Crippen LogP contribution >= 0.6 is 0 Å². The molecule has 2 fully saturated rings. The fourth-order valence-electron chi connectivity index (χ4n) is 3.59. The van der Waals surface area contributed by atoms with Crippen LogP contribution in [0.2, 0.25) is 0 Å². The van der Waals surface area contributed by atoms with Gasteiger partial charge in [0, 0.05) is 13.0 Å². The number of amides is 2. The van der Waals surface area contributed by atoms with Crippen LogP contribution in [0, 0.1) is 22.0 Å². The SMILES string of the molecule is CC(=O)Oc1ccc(N2C(=O)[C@H]3[C@H](C2=O)[C@H]2C=C[C@H]3O2)cc1[N+](=O)[O-]. The highest BCUT2D eigenvalue weighted by molar-refractivity contribution is 6.23. The lowest BCUT2D eigenvalue weighted by Gasteiger charge is -2.17. The zero-order valence-corrected chi connectivity index (χ0v) is 12.9. The molecule has 2 bridgehead atoms. The number of carbonyl (C=O) groups is 3. The number of ether oxygens (including phenoxy) is 2. The van der Waals surface area contributed by atoms with Gasteiger partial charge in [0.15, 0.2) is 0 Å². The van der Waals surface area contributed by atoms with E-state index in [0.29, 0.717) is 0 Å². The van der Waals surface area contributed by atoms with Crippen molar-refractivity contribution in [1.82, 2.24) is 0 Å². The molecule has 2 amide bonds. The molecule has 0 saturated carbocycles. The maximum absolute atomic E-state index is 12.7. The zero-order chi connectivity index (χ0) is 17.9. The number of nitrogens with zero attached hydrogens (tertiary/aromatic N) is 2. The predicted molar refractivity (Wildman–Crippen MR) is 81.7 cm³/mol. The fraction of sp³-hybridized carbons (Fsp3) is 0.312. The van der Waals surface area contributed by atoms with Crippen LogP contribution in [-0.4, -0.2) is 34.9 Å². The minimum Gasteiger partial charge on any atom is -0.419 e. The Bertz CT molecular complexity index is 832. The summed E-state index contributed by atoms with van der Waals surface area (Å²) in [5.74, 6) is -3.05. The third-order valence-electron chi connectivity index (χ3n) is 4.56. The van der Waals surface area contributed by atoms with Crippen molar-refractivity contribution in [3.63, 3.8) is 0 Å². The first-order valence-corrected chi connectivity index (χ1v) is 7.57. The molecule has 3 aliphatic rings. The molecule has 0 radical (unpaired) electrons. The number of nitro groups is 1. The van der Waals surface area contributed by atoms with Gasteiger partial charge in [-0.15, -0.1) is 0 Å². The summed E-state index contributed by atoms with van der Waals surface area (Å²) in [5.41, 5.74) is -0.422. The van der Waals surface area contributed by atoms with E-state index in [1.165, 1.54) is 12.1 Å². The van der Waals surface area contributed by atoms with Crippen molar-refractivity contribution < 1.29 is 28.8 Å². The van der Waals surface area contributed by atoms with Gasteiger partial charge in [0.05, 0.1) is 34.7 Å². The van der Waals surface area contributed by atoms with E-state index >= 15 is 0 Å². The molecule has 0 aliphatic carbocycles.